The molecule has 0 heterocycles. The van der Waals surface area contributed by atoms with E-state index >= 15 is 0 Å². The van der Waals surface area contributed by atoms with Gasteiger partial charge >= 0.3 is 0 Å². The maximum atomic E-state index is 5.43. The topological polar surface area (TPSA) is 43.0 Å². The molecule has 0 unspecified atom stereocenters. The van der Waals surface area contributed by atoms with Crippen molar-refractivity contribution in [2.45, 2.75) is 6.54 Å². The second kappa shape index (κ2) is 7.86. The zero-order chi connectivity index (χ0) is 14.3. The fraction of sp³-hybridized carbons (Fsp3) is 0.571. The van der Waals surface area contributed by atoms with Crippen LogP contribution >= 0.6 is 0 Å². The third kappa shape index (κ3) is 4.29. The van der Waals surface area contributed by atoms with E-state index in [0.717, 1.165) is 30.9 Å². The van der Waals surface area contributed by atoms with E-state index in [4.69, 9.17) is 14.2 Å². The van der Waals surface area contributed by atoms with Crippen LogP contribution in [-0.2, 0) is 6.54 Å². The van der Waals surface area contributed by atoms with E-state index in [1.54, 1.807) is 21.3 Å². The van der Waals surface area contributed by atoms with E-state index in [-0.39, 0.29) is 0 Å². The number of methoxy groups -OCH3 is 3. The van der Waals surface area contributed by atoms with E-state index in [1.165, 1.54) is 0 Å². The van der Waals surface area contributed by atoms with Crippen molar-refractivity contribution in [3.05, 3.63) is 17.7 Å². The summed E-state index contributed by atoms with van der Waals surface area (Å²) in [7, 11) is 8.98. The zero-order valence-corrected chi connectivity index (χ0v) is 12.4. The Morgan fingerprint density at radius 1 is 1.00 bits per heavy atom. The number of hydrogen-bond donors (Lipinski definition) is 1. The summed E-state index contributed by atoms with van der Waals surface area (Å²) in [5.41, 5.74) is 1.05. The van der Waals surface area contributed by atoms with Crippen molar-refractivity contribution in [3.63, 3.8) is 0 Å². The molecule has 5 nitrogen and oxygen atoms in total. The average molecular weight is 268 g/mol. The minimum Gasteiger partial charge on any atom is -0.493 e. The molecule has 0 atom stereocenters. The Morgan fingerprint density at radius 3 is 2.21 bits per heavy atom. The highest BCUT2D eigenvalue weighted by Crippen LogP contribution is 2.39. The number of nitrogens with zero attached hydrogens (tertiary/aromatic N) is 1. The van der Waals surface area contributed by atoms with Crippen LogP contribution in [0.3, 0.4) is 0 Å². The molecule has 1 N–H and O–H groups in total. The predicted octanol–water partition coefficient (Wildman–Crippen LogP) is 1.36. The predicted molar refractivity (Wildman–Crippen MR) is 76.4 cm³/mol. The van der Waals surface area contributed by atoms with Crippen LogP contribution in [-0.4, -0.2) is 53.4 Å². The molecule has 0 saturated heterocycles. The van der Waals surface area contributed by atoms with Gasteiger partial charge in [-0.05, 0) is 20.2 Å². The smallest absolute Gasteiger partial charge is 0.203 e. The van der Waals surface area contributed by atoms with Crippen LogP contribution in [0.15, 0.2) is 12.1 Å². The summed E-state index contributed by atoms with van der Waals surface area (Å²) >= 11 is 0. The van der Waals surface area contributed by atoms with Gasteiger partial charge in [0.15, 0.2) is 11.5 Å². The quantitative estimate of drug-likeness (QED) is 0.721. The first-order valence-electron chi connectivity index (χ1n) is 6.27. The molecule has 1 aromatic carbocycles. The minimum absolute atomic E-state index is 0.636. The SMILES string of the molecule is COc1ccc(CNCCN(C)C)c(OC)c1OC. The molecule has 108 valence electrons. The molecule has 0 radical (unpaired) electrons. The summed E-state index contributed by atoms with van der Waals surface area (Å²) < 4.78 is 16.0. The van der Waals surface area contributed by atoms with E-state index < -0.39 is 0 Å². The van der Waals surface area contributed by atoms with Gasteiger partial charge in [-0.3, -0.25) is 0 Å². The van der Waals surface area contributed by atoms with Gasteiger partial charge in [-0.1, -0.05) is 6.07 Å². The van der Waals surface area contributed by atoms with E-state index in [2.05, 4.69) is 24.3 Å². The van der Waals surface area contributed by atoms with Crippen molar-refractivity contribution in [1.82, 2.24) is 10.2 Å². The van der Waals surface area contributed by atoms with Gasteiger partial charge in [0.05, 0.1) is 21.3 Å². The van der Waals surface area contributed by atoms with Crippen molar-refractivity contribution in [2.75, 3.05) is 48.5 Å². The van der Waals surface area contributed by atoms with Gasteiger partial charge < -0.3 is 24.4 Å². The lowest BCUT2D eigenvalue weighted by atomic mass is 10.1. The summed E-state index contributed by atoms with van der Waals surface area (Å²) in [5, 5.41) is 3.38. The van der Waals surface area contributed by atoms with Crippen LogP contribution in [0.5, 0.6) is 17.2 Å². The Labute approximate surface area is 115 Å². The van der Waals surface area contributed by atoms with Crippen LogP contribution < -0.4 is 19.5 Å². The van der Waals surface area contributed by atoms with Crippen LogP contribution in [0.1, 0.15) is 5.56 Å². The lowest BCUT2D eigenvalue weighted by Crippen LogP contribution is -2.26. The Hall–Kier alpha value is -1.46. The number of likely N-dealkylation sites (N-methyl/N-ethyl adjacent to an activating group) is 1. The van der Waals surface area contributed by atoms with Gasteiger partial charge in [0.2, 0.25) is 5.75 Å². The Balaban J connectivity index is 2.77. The summed E-state index contributed by atoms with van der Waals surface area (Å²) in [6.07, 6.45) is 0. The molecule has 1 rings (SSSR count). The maximum absolute atomic E-state index is 5.43. The largest absolute Gasteiger partial charge is 0.493 e. The Kier molecular flexibility index (Phi) is 6.45. The Morgan fingerprint density at radius 2 is 1.68 bits per heavy atom. The van der Waals surface area contributed by atoms with Crippen molar-refractivity contribution < 1.29 is 14.2 Å². The van der Waals surface area contributed by atoms with Crippen LogP contribution in [0.2, 0.25) is 0 Å². The minimum atomic E-state index is 0.636. The molecular weight excluding hydrogens is 244 g/mol. The molecule has 19 heavy (non-hydrogen) atoms. The summed E-state index contributed by atoms with van der Waals surface area (Å²) in [4.78, 5) is 2.14. The molecule has 0 aliphatic heterocycles. The molecule has 0 fully saturated rings. The standard InChI is InChI=1S/C14H24N2O3/c1-16(2)9-8-15-10-11-6-7-12(17-3)14(19-5)13(11)18-4/h6-7,15H,8-10H2,1-5H3. The van der Waals surface area contributed by atoms with Crippen molar-refractivity contribution in [1.29, 1.82) is 0 Å². The van der Waals surface area contributed by atoms with Gasteiger partial charge in [0.1, 0.15) is 0 Å². The van der Waals surface area contributed by atoms with E-state index in [9.17, 15) is 0 Å². The first-order chi connectivity index (χ1) is 9.13. The fourth-order valence-electron chi connectivity index (χ4n) is 1.83. The van der Waals surface area contributed by atoms with E-state index in [1.807, 2.05) is 12.1 Å². The number of ether oxygens (including phenoxy) is 3. The first-order valence-corrected chi connectivity index (χ1v) is 6.27. The van der Waals surface area contributed by atoms with Gasteiger partial charge in [0.25, 0.3) is 0 Å². The molecule has 0 aromatic heterocycles. The van der Waals surface area contributed by atoms with Gasteiger partial charge in [-0.25, -0.2) is 0 Å². The molecule has 1 aromatic rings. The van der Waals surface area contributed by atoms with Crippen LogP contribution in [0.25, 0.3) is 0 Å². The van der Waals surface area contributed by atoms with Crippen molar-refractivity contribution in [2.24, 2.45) is 0 Å². The molecule has 0 aliphatic carbocycles. The highest BCUT2D eigenvalue weighted by molar-refractivity contribution is 5.55. The number of hydrogen-bond acceptors (Lipinski definition) is 5. The van der Waals surface area contributed by atoms with Gasteiger partial charge in [-0.15, -0.1) is 0 Å². The molecular formula is C14H24N2O3. The molecule has 0 saturated carbocycles. The normalized spacial score (nSPS) is 10.6. The van der Waals surface area contributed by atoms with Crippen molar-refractivity contribution >= 4 is 0 Å². The van der Waals surface area contributed by atoms with Crippen LogP contribution in [0.4, 0.5) is 0 Å². The maximum Gasteiger partial charge on any atom is 0.203 e. The van der Waals surface area contributed by atoms with E-state index in [0.29, 0.717) is 11.5 Å². The fourth-order valence-corrected chi connectivity index (χ4v) is 1.83. The monoisotopic (exact) mass is 268 g/mol. The lowest BCUT2D eigenvalue weighted by Gasteiger charge is -2.16. The molecule has 0 aliphatic rings. The van der Waals surface area contributed by atoms with Gasteiger partial charge in [-0.2, -0.15) is 0 Å². The highest BCUT2D eigenvalue weighted by atomic mass is 16.5. The lowest BCUT2D eigenvalue weighted by molar-refractivity contribution is 0.321. The molecule has 0 bridgehead atoms. The second-order valence-electron chi connectivity index (χ2n) is 4.47. The van der Waals surface area contributed by atoms with Crippen LogP contribution in [0, 0.1) is 0 Å². The average Bonchev–Trinajstić information content (AvgIpc) is 2.42. The zero-order valence-electron chi connectivity index (χ0n) is 12.4. The second-order valence-corrected chi connectivity index (χ2v) is 4.47. The van der Waals surface area contributed by atoms with Crippen molar-refractivity contribution in [3.8, 4) is 17.2 Å². The molecule has 0 amide bonds. The summed E-state index contributed by atoms with van der Waals surface area (Å²) in [5.74, 6) is 2.03. The number of rotatable bonds is 8. The highest BCUT2D eigenvalue weighted by Gasteiger charge is 2.15. The molecule has 0 spiro atoms. The summed E-state index contributed by atoms with van der Waals surface area (Å²) in [6, 6.07) is 3.88. The number of nitrogens with one attached hydrogen (secondary N) is 1. The summed E-state index contributed by atoms with van der Waals surface area (Å²) in [6.45, 7) is 2.65. The third-order valence-corrected chi connectivity index (χ3v) is 2.84. The molecule has 5 heteroatoms. The third-order valence-electron chi connectivity index (χ3n) is 2.84. The number of benzene rings is 1. The first kappa shape index (κ1) is 15.6. The Bertz CT molecular complexity index is 395. The van der Waals surface area contributed by atoms with Gasteiger partial charge in [0, 0.05) is 25.2 Å².